The number of rotatable bonds is 2. The highest BCUT2D eigenvalue weighted by atomic mass is 16.6. The average molecular weight is 217 g/mol. The molecule has 0 bridgehead atoms. The summed E-state index contributed by atoms with van der Waals surface area (Å²) in [4.78, 5) is 14.7. The minimum absolute atomic E-state index is 0.0683. The van der Waals surface area contributed by atoms with Crippen LogP contribution in [0, 0.1) is 10.1 Å². The van der Waals surface area contributed by atoms with Gasteiger partial charge in [-0.2, -0.15) is 0 Å². The molecule has 2 rings (SSSR count). The fraction of sp³-hybridized carbons (Fsp3) is 0.182. The van der Waals surface area contributed by atoms with Gasteiger partial charge in [0, 0.05) is 5.39 Å². The van der Waals surface area contributed by atoms with Crippen LogP contribution in [-0.2, 0) is 6.42 Å². The van der Waals surface area contributed by atoms with Gasteiger partial charge < -0.3 is 5.73 Å². The number of nitro groups is 1. The Hall–Kier alpha value is -2.17. The lowest BCUT2D eigenvalue weighted by Gasteiger charge is -2.06. The summed E-state index contributed by atoms with van der Waals surface area (Å²) in [5.74, 6) is 0. The summed E-state index contributed by atoms with van der Waals surface area (Å²) in [6, 6.07) is 7.16. The number of hydrogen-bond acceptors (Lipinski definition) is 4. The van der Waals surface area contributed by atoms with Crippen molar-refractivity contribution in [1.29, 1.82) is 0 Å². The van der Waals surface area contributed by atoms with E-state index in [2.05, 4.69) is 4.98 Å². The summed E-state index contributed by atoms with van der Waals surface area (Å²) in [5, 5.41) is 11.6. The minimum atomic E-state index is -0.465. The van der Waals surface area contributed by atoms with Gasteiger partial charge in [-0.15, -0.1) is 0 Å². The Balaban J connectivity index is 2.87. The Kier molecular flexibility index (Phi) is 2.44. The summed E-state index contributed by atoms with van der Waals surface area (Å²) in [6.45, 7) is 1.82. The van der Waals surface area contributed by atoms with Crippen LogP contribution in [0.1, 0.15) is 12.6 Å². The van der Waals surface area contributed by atoms with Crippen molar-refractivity contribution in [3.8, 4) is 0 Å². The topological polar surface area (TPSA) is 82.0 Å². The van der Waals surface area contributed by atoms with Gasteiger partial charge >= 0.3 is 5.69 Å². The zero-order chi connectivity index (χ0) is 11.7. The molecule has 1 aromatic carbocycles. The lowest BCUT2D eigenvalue weighted by atomic mass is 10.1. The summed E-state index contributed by atoms with van der Waals surface area (Å²) < 4.78 is 0. The molecular formula is C11H11N3O2. The zero-order valence-corrected chi connectivity index (χ0v) is 8.80. The van der Waals surface area contributed by atoms with Crippen molar-refractivity contribution < 1.29 is 4.92 Å². The number of para-hydroxylation sites is 1. The maximum atomic E-state index is 10.9. The number of benzene rings is 1. The summed E-state index contributed by atoms with van der Waals surface area (Å²) in [7, 11) is 0. The van der Waals surface area contributed by atoms with Crippen LogP contribution in [0.5, 0.6) is 0 Å². The third-order valence-electron chi connectivity index (χ3n) is 2.50. The summed E-state index contributed by atoms with van der Waals surface area (Å²) >= 11 is 0. The van der Waals surface area contributed by atoms with Crippen molar-refractivity contribution in [2.75, 3.05) is 5.73 Å². The number of fused-ring (bicyclic) bond motifs is 1. The molecule has 0 aliphatic heterocycles. The van der Waals surface area contributed by atoms with Crippen LogP contribution in [0.4, 0.5) is 11.4 Å². The van der Waals surface area contributed by atoms with E-state index in [0.29, 0.717) is 23.0 Å². The van der Waals surface area contributed by atoms with Gasteiger partial charge in [-0.3, -0.25) is 10.1 Å². The molecule has 0 saturated carbocycles. The zero-order valence-electron chi connectivity index (χ0n) is 8.80. The van der Waals surface area contributed by atoms with Crippen molar-refractivity contribution in [1.82, 2.24) is 4.98 Å². The van der Waals surface area contributed by atoms with E-state index in [1.54, 1.807) is 18.2 Å². The molecule has 1 heterocycles. The van der Waals surface area contributed by atoms with E-state index < -0.39 is 4.92 Å². The van der Waals surface area contributed by atoms with Crippen molar-refractivity contribution >= 4 is 22.3 Å². The molecule has 0 saturated heterocycles. The standard InChI is InChI=1S/C11H11N3O2/c1-2-8-11(14(15)16)10(12)7-5-3-4-6-9(7)13-8/h3-6H,2H2,1H3,(H2,12,13). The highest BCUT2D eigenvalue weighted by molar-refractivity contribution is 5.95. The van der Waals surface area contributed by atoms with Gasteiger partial charge in [0.2, 0.25) is 0 Å². The lowest BCUT2D eigenvalue weighted by Crippen LogP contribution is -2.03. The Bertz CT molecular complexity index is 566. The van der Waals surface area contributed by atoms with Gasteiger partial charge in [0.15, 0.2) is 0 Å². The van der Waals surface area contributed by atoms with Gasteiger partial charge in [0.25, 0.3) is 0 Å². The van der Waals surface area contributed by atoms with Gasteiger partial charge in [-0.05, 0) is 12.5 Å². The lowest BCUT2D eigenvalue weighted by molar-refractivity contribution is -0.384. The molecule has 0 spiro atoms. The SMILES string of the molecule is CCc1nc2ccccc2c(N)c1[N+](=O)[O-]. The van der Waals surface area contributed by atoms with Crippen LogP contribution in [0.3, 0.4) is 0 Å². The second kappa shape index (κ2) is 3.77. The molecule has 0 atom stereocenters. The molecule has 5 nitrogen and oxygen atoms in total. The van der Waals surface area contributed by atoms with Crippen LogP contribution in [0.2, 0.25) is 0 Å². The fourth-order valence-corrected chi connectivity index (χ4v) is 1.73. The predicted molar refractivity (Wildman–Crippen MR) is 62.2 cm³/mol. The molecule has 82 valence electrons. The van der Waals surface area contributed by atoms with Crippen molar-refractivity contribution in [2.24, 2.45) is 0 Å². The van der Waals surface area contributed by atoms with Crippen LogP contribution in [0.15, 0.2) is 24.3 Å². The second-order valence-corrected chi connectivity index (χ2v) is 3.45. The number of nitrogens with zero attached hydrogens (tertiary/aromatic N) is 2. The van der Waals surface area contributed by atoms with Crippen LogP contribution in [0.25, 0.3) is 10.9 Å². The number of anilines is 1. The molecule has 1 aromatic heterocycles. The van der Waals surface area contributed by atoms with E-state index in [1.165, 1.54) is 0 Å². The minimum Gasteiger partial charge on any atom is -0.393 e. The Morgan fingerprint density at radius 3 is 2.75 bits per heavy atom. The number of pyridine rings is 1. The maximum Gasteiger partial charge on any atom is 0.314 e. The molecule has 0 unspecified atom stereocenters. The van der Waals surface area contributed by atoms with E-state index in [0.717, 1.165) is 0 Å². The average Bonchev–Trinajstić information content (AvgIpc) is 2.28. The van der Waals surface area contributed by atoms with E-state index in [4.69, 9.17) is 5.73 Å². The number of hydrogen-bond donors (Lipinski definition) is 1. The van der Waals surface area contributed by atoms with Crippen LogP contribution < -0.4 is 5.73 Å². The normalized spacial score (nSPS) is 10.6. The Morgan fingerprint density at radius 1 is 1.44 bits per heavy atom. The van der Waals surface area contributed by atoms with E-state index in [9.17, 15) is 10.1 Å². The number of aromatic nitrogens is 1. The van der Waals surface area contributed by atoms with Crippen molar-refractivity contribution in [3.05, 3.63) is 40.1 Å². The van der Waals surface area contributed by atoms with E-state index in [1.807, 2.05) is 13.0 Å². The largest absolute Gasteiger partial charge is 0.393 e. The summed E-state index contributed by atoms with van der Waals surface area (Å²) in [6.07, 6.45) is 0.491. The number of nitrogen functional groups attached to an aromatic ring is 1. The maximum absolute atomic E-state index is 10.9. The van der Waals surface area contributed by atoms with Crippen molar-refractivity contribution in [3.63, 3.8) is 0 Å². The van der Waals surface area contributed by atoms with Gasteiger partial charge in [0.1, 0.15) is 11.4 Å². The van der Waals surface area contributed by atoms with Crippen molar-refractivity contribution in [2.45, 2.75) is 13.3 Å². The molecule has 5 heteroatoms. The first kappa shape index (κ1) is 10.4. The first-order chi connectivity index (χ1) is 7.65. The molecule has 2 N–H and O–H groups in total. The highest BCUT2D eigenvalue weighted by Crippen LogP contribution is 2.32. The molecule has 0 aliphatic rings. The predicted octanol–water partition coefficient (Wildman–Crippen LogP) is 2.29. The molecule has 0 radical (unpaired) electrons. The molecule has 0 amide bonds. The third-order valence-corrected chi connectivity index (χ3v) is 2.50. The smallest absolute Gasteiger partial charge is 0.314 e. The van der Waals surface area contributed by atoms with E-state index >= 15 is 0 Å². The third kappa shape index (κ3) is 1.46. The first-order valence-corrected chi connectivity index (χ1v) is 4.96. The fourth-order valence-electron chi connectivity index (χ4n) is 1.73. The molecule has 0 aliphatic carbocycles. The first-order valence-electron chi connectivity index (χ1n) is 4.96. The van der Waals surface area contributed by atoms with E-state index in [-0.39, 0.29) is 11.4 Å². The van der Waals surface area contributed by atoms with Crippen LogP contribution in [-0.4, -0.2) is 9.91 Å². The Labute approximate surface area is 92.1 Å². The Morgan fingerprint density at radius 2 is 2.12 bits per heavy atom. The molecule has 2 aromatic rings. The van der Waals surface area contributed by atoms with Gasteiger partial charge in [0.05, 0.1) is 10.4 Å². The summed E-state index contributed by atoms with van der Waals surface area (Å²) in [5.41, 5.74) is 7.08. The quantitative estimate of drug-likeness (QED) is 0.618. The van der Waals surface area contributed by atoms with Gasteiger partial charge in [-0.1, -0.05) is 25.1 Å². The molecule has 16 heavy (non-hydrogen) atoms. The highest BCUT2D eigenvalue weighted by Gasteiger charge is 2.21. The molecular weight excluding hydrogens is 206 g/mol. The second-order valence-electron chi connectivity index (χ2n) is 3.45. The number of nitrogens with two attached hydrogens (primary N) is 1. The number of aryl methyl sites for hydroxylation is 1. The monoisotopic (exact) mass is 217 g/mol. The van der Waals surface area contributed by atoms with Gasteiger partial charge in [-0.25, -0.2) is 4.98 Å². The molecule has 0 fully saturated rings. The van der Waals surface area contributed by atoms with Crippen LogP contribution >= 0.6 is 0 Å².